The average Bonchev–Trinajstić information content (AvgIpc) is 2.45. The van der Waals surface area contributed by atoms with Gasteiger partial charge >= 0.3 is 0 Å². The molecule has 0 aromatic heterocycles. The Bertz CT molecular complexity index is 426. The lowest BCUT2D eigenvalue weighted by molar-refractivity contribution is -0.121. The van der Waals surface area contributed by atoms with Crippen LogP contribution in [-0.4, -0.2) is 24.2 Å². The summed E-state index contributed by atoms with van der Waals surface area (Å²) in [6.45, 7) is 2.64. The summed E-state index contributed by atoms with van der Waals surface area (Å²) in [5, 5.41) is 20.8. The first-order chi connectivity index (χ1) is 9.22. The van der Waals surface area contributed by atoms with Crippen LogP contribution < -0.4 is 5.32 Å². The molecule has 0 bridgehead atoms. The van der Waals surface area contributed by atoms with E-state index in [0.717, 1.165) is 6.42 Å². The van der Waals surface area contributed by atoms with Crippen molar-refractivity contribution < 1.29 is 9.90 Å². The van der Waals surface area contributed by atoms with Gasteiger partial charge in [-0.2, -0.15) is 5.26 Å². The molecule has 0 heterocycles. The van der Waals surface area contributed by atoms with Gasteiger partial charge in [0, 0.05) is 13.2 Å². The van der Waals surface area contributed by atoms with Gasteiger partial charge in [0.2, 0.25) is 5.91 Å². The summed E-state index contributed by atoms with van der Waals surface area (Å²) in [4.78, 5) is 12.0. The Balaban J connectivity index is 2.59. The number of nitriles is 1. The molecule has 4 nitrogen and oxygen atoms in total. The number of carbonyl (C=O) groups excluding carboxylic acids is 1. The van der Waals surface area contributed by atoms with E-state index in [9.17, 15) is 4.79 Å². The normalized spacial score (nSPS) is 13.3. The summed E-state index contributed by atoms with van der Waals surface area (Å²) in [5.41, 5.74) is 0.706. The highest BCUT2D eigenvalue weighted by Crippen LogP contribution is 2.15. The zero-order valence-electron chi connectivity index (χ0n) is 11.2. The number of carbonyl (C=O) groups is 1. The second-order valence-corrected chi connectivity index (χ2v) is 4.50. The smallest absolute Gasteiger partial charge is 0.241 e. The number of hydrogen-bond donors (Lipinski definition) is 2. The van der Waals surface area contributed by atoms with Crippen LogP contribution in [0.2, 0.25) is 0 Å². The number of nitrogens with one attached hydrogen (secondary N) is 1. The van der Waals surface area contributed by atoms with Crippen molar-refractivity contribution in [3.63, 3.8) is 0 Å². The van der Waals surface area contributed by atoms with Gasteiger partial charge in [0.1, 0.15) is 5.92 Å². The molecular formula is C15H20N2O2. The summed E-state index contributed by atoms with van der Waals surface area (Å²) >= 11 is 0. The number of rotatable bonds is 7. The molecule has 1 aromatic carbocycles. The monoisotopic (exact) mass is 260 g/mol. The maximum absolute atomic E-state index is 12.0. The van der Waals surface area contributed by atoms with Crippen LogP contribution in [0.25, 0.3) is 0 Å². The third-order valence-electron chi connectivity index (χ3n) is 3.20. The summed E-state index contributed by atoms with van der Waals surface area (Å²) in [6, 6.07) is 11.1. The Hall–Kier alpha value is -1.86. The molecule has 1 aromatic rings. The summed E-state index contributed by atoms with van der Waals surface area (Å²) in [5.74, 6) is -0.790. The van der Waals surface area contributed by atoms with E-state index >= 15 is 0 Å². The number of aliphatic hydroxyl groups is 1. The predicted molar refractivity (Wildman–Crippen MR) is 73.3 cm³/mol. The number of hydrogen-bond acceptors (Lipinski definition) is 3. The maximum atomic E-state index is 12.0. The lowest BCUT2D eigenvalue weighted by Crippen LogP contribution is -2.33. The molecule has 0 spiro atoms. The van der Waals surface area contributed by atoms with Gasteiger partial charge in [0.25, 0.3) is 0 Å². The highest BCUT2D eigenvalue weighted by molar-refractivity contribution is 5.86. The van der Waals surface area contributed by atoms with Gasteiger partial charge in [-0.05, 0) is 17.9 Å². The Kier molecular flexibility index (Phi) is 6.62. The maximum Gasteiger partial charge on any atom is 0.241 e. The molecule has 1 amide bonds. The fourth-order valence-electron chi connectivity index (χ4n) is 1.91. The molecular weight excluding hydrogens is 240 g/mol. The zero-order chi connectivity index (χ0) is 14.1. The van der Waals surface area contributed by atoms with Gasteiger partial charge in [0.05, 0.1) is 6.07 Å². The fraction of sp³-hybridized carbons (Fsp3) is 0.467. The van der Waals surface area contributed by atoms with E-state index in [4.69, 9.17) is 10.4 Å². The first-order valence-electron chi connectivity index (χ1n) is 6.56. The number of aliphatic hydroxyl groups excluding tert-OH is 1. The Morgan fingerprint density at radius 1 is 1.42 bits per heavy atom. The molecule has 0 aliphatic carbocycles. The van der Waals surface area contributed by atoms with Crippen molar-refractivity contribution in [2.75, 3.05) is 13.2 Å². The van der Waals surface area contributed by atoms with Crippen molar-refractivity contribution in [2.45, 2.75) is 25.7 Å². The molecule has 0 fully saturated rings. The largest absolute Gasteiger partial charge is 0.396 e. The topological polar surface area (TPSA) is 73.1 Å². The van der Waals surface area contributed by atoms with Crippen LogP contribution in [0, 0.1) is 17.2 Å². The number of amides is 1. The van der Waals surface area contributed by atoms with Crippen LogP contribution in [0.15, 0.2) is 30.3 Å². The van der Waals surface area contributed by atoms with Crippen LogP contribution in [0.4, 0.5) is 0 Å². The molecule has 0 saturated heterocycles. The van der Waals surface area contributed by atoms with E-state index in [1.807, 2.05) is 31.2 Å². The molecule has 1 rings (SSSR count). The highest BCUT2D eigenvalue weighted by Gasteiger charge is 2.20. The van der Waals surface area contributed by atoms with Gasteiger partial charge in [-0.1, -0.05) is 43.7 Å². The van der Waals surface area contributed by atoms with Gasteiger partial charge in [0.15, 0.2) is 0 Å². The van der Waals surface area contributed by atoms with Gasteiger partial charge in [-0.3, -0.25) is 4.79 Å². The lowest BCUT2D eigenvalue weighted by atomic mass is 9.98. The van der Waals surface area contributed by atoms with Crippen LogP contribution in [0.3, 0.4) is 0 Å². The van der Waals surface area contributed by atoms with Crippen molar-refractivity contribution in [1.82, 2.24) is 5.32 Å². The second-order valence-electron chi connectivity index (χ2n) is 4.50. The van der Waals surface area contributed by atoms with Crippen LogP contribution in [0.1, 0.15) is 31.2 Å². The van der Waals surface area contributed by atoms with E-state index in [1.54, 1.807) is 12.1 Å². The van der Waals surface area contributed by atoms with Crippen LogP contribution in [0.5, 0.6) is 0 Å². The van der Waals surface area contributed by atoms with Crippen molar-refractivity contribution in [3.8, 4) is 6.07 Å². The number of benzene rings is 1. The molecule has 19 heavy (non-hydrogen) atoms. The van der Waals surface area contributed by atoms with Crippen molar-refractivity contribution in [3.05, 3.63) is 35.9 Å². The predicted octanol–water partition coefficient (Wildman–Crippen LogP) is 1.82. The first kappa shape index (κ1) is 15.2. The molecule has 0 aliphatic rings. The quantitative estimate of drug-likeness (QED) is 0.785. The van der Waals surface area contributed by atoms with E-state index < -0.39 is 5.92 Å². The number of nitrogens with zero attached hydrogens (tertiary/aromatic N) is 1. The molecule has 0 radical (unpaired) electrons. The zero-order valence-corrected chi connectivity index (χ0v) is 11.2. The minimum absolute atomic E-state index is 0.120. The second kappa shape index (κ2) is 8.28. The standard InChI is InChI=1S/C15H20N2O2/c1-2-12(8-9-18)11-17-15(19)14(10-16)13-6-4-3-5-7-13/h3-7,12,14,18H,2,8-9,11H2,1H3,(H,17,19). The van der Waals surface area contributed by atoms with Crippen molar-refractivity contribution in [1.29, 1.82) is 5.26 Å². The third-order valence-corrected chi connectivity index (χ3v) is 3.20. The Labute approximate surface area is 114 Å². The lowest BCUT2D eigenvalue weighted by Gasteiger charge is -2.16. The van der Waals surface area contributed by atoms with E-state index in [0.29, 0.717) is 18.5 Å². The Morgan fingerprint density at radius 2 is 2.11 bits per heavy atom. The summed E-state index contributed by atoms with van der Waals surface area (Å²) in [6.07, 6.45) is 1.56. The molecule has 2 atom stereocenters. The Morgan fingerprint density at radius 3 is 2.63 bits per heavy atom. The third kappa shape index (κ3) is 4.72. The molecule has 0 saturated carbocycles. The molecule has 2 N–H and O–H groups in total. The van der Waals surface area contributed by atoms with Gasteiger partial charge in [-0.15, -0.1) is 0 Å². The van der Waals surface area contributed by atoms with Crippen molar-refractivity contribution >= 4 is 5.91 Å². The van der Waals surface area contributed by atoms with Crippen LogP contribution >= 0.6 is 0 Å². The molecule has 4 heteroatoms. The van der Waals surface area contributed by atoms with E-state index in [-0.39, 0.29) is 18.4 Å². The first-order valence-corrected chi connectivity index (χ1v) is 6.56. The minimum Gasteiger partial charge on any atom is -0.396 e. The van der Waals surface area contributed by atoms with Crippen molar-refractivity contribution in [2.24, 2.45) is 5.92 Å². The minimum atomic E-state index is -0.771. The van der Waals surface area contributed by atoms with E-state index in [2.05, 4.69) is 5.32 Å². The molecule has 102 valence electrons. The molecule has 0 aliphatic heterocycles. The highest BCUT2D eigenvalue weighted by atomic mass is 16.3. The van der Waals surface area contributed by atoms with E-state index in [1.165, 1.54) is 0 Å². The van der Waals surface area contributed by atoms with Gasteiger partial charge in [-0.25, -0.2) is 0 Å². The average molecular weight is 260 g/mol. The fourth-order valence-corrected chi connectivity index (χ4v) is 1.91. The SMILES string of the molecule is CCC(CCO)CNC(=O)C(C#N)c1ccccc1. The van der Waals surface area contributed by atoms with Crippen LogP contribution in [-0.2, 0) is 4.79 Å². The summed E-state index contributed by atoms with van der Waals surface area (Å²) < 4.78 is 0. The molecule has 2 unspecified atom stereocenters. The van der Waals surface area contributed by atoms with Gasteiger partial charge < -0.3 is 10.4 Å². The summed E-state index contributed by atoms with van der Waals surface area (Å²) in [7, 11) is 0.